The number of rotatable bonds is 6. The highest BCUT2D eigenvalue weighted by molar-refractivity contribution is 5.95. The molecule has 0 aliphatic rings. The Morgan fingerprint density at radius 2 is 2.08 bits per heavy atom. The molecule has 0 aliphatic carbocycles. The third-order valence-corrected chi connectivity index (χ3v) is 3.73. The van der Waals surface area contributed by atoms with E-state index in [1.807, 2.05) is 50.2 Å². The zero-order valence-electron chi connectivity index (χ0n) is 14.6. The number of carbonyl (C=O) groups excluding carboxylic acids is 1. The molecule has 0 radical (unpaired) electrons. The van der Waals surface area contributed by atoms with Crippen molar-refractivity contribution >= 4 is 12.1 Å². The Labute approximate surface area is 151 Å². The normalized spacial score (nSPS) is 10.8. The van der Waals surface area contributed by atoms with E-state index in [9.17, 15) is 4.79 Å². The monoisotopic (exact) mass is 349 g/mol. The highest BCUT2D eigenvalue weighted by Gasteiger charge is 2.16. The largest absolute Gasteiger partial charge is 0.494 e. The average Bonchev–Trinajstić information content (AvgIpc) is 3.05. The number of aromatic nitrogens is 3. The maximum atomic E-state index is 12.3. The van der Waals surface area contributed by atoms with Crippen molar-refractivity contribution in [3.05, 3.63) is 65.6 Å². The third-order valence-electron chi connectivity index (χ3n) is 3.73. The van der Waals surface area contributed by atoms with Gasteiger partial charge >= 0.3 is 0 Å². The van der Waals surface area contributed by atoms with Crippen LogP contribution < -0.4 is 10.2 Å². The van der Waals surface area contributed by atoms with E-state index in [-0.39, 0.29) is 5.91 Å². The molecule has 1 aromatic carbocycles. The highest BCUT2D eigenvalue weighted by atomic mass is 16.5. The number of nitrogens with one attached hydrogen (secondary N) is 2. The molecule has 26 heavy (non-hydrogen) atoms. The fraction of sp³-hybridized carbons (Fsp3) is 0.158. The first-order valence-electron chi connectivity index (χ1n) is 8.21. The van der Waals surface area contributed by atoms with Crippen molar-refractivity contribution in [1.29, 1.82) is 0 Å². The van der Waals surface area contributed by atoms with Crippen LogP contribution in [0.25, 0.3) is 11.3 Å². The van der Waals surface area contributed by atoms with E-state index in [0.29, 0.717) is 23.7 Å². The minimum Gasteiger partial charge on any atom is -0.494 e. The SMILES string of the molecule is CCOc1ccc(-c2n[nH]c(C(=O)N/N=C\c3ccccn3)c2C)cc1. The quantitative estimate of drug-likeness (QED) is 0.529. The van der Waals surface area contributed by atoms with Crippen molar-refractivity contribution in [2.45, 2.75) is 13.8 Å². The number of H-pyrrole nitrogens is 1. The van der Waals surface area contributed by atoms with Crippen LogP contribution in [0.15, 0.2) is 53.8 Å². The molecule has 1 amide bonds. The number of aromatic amines is 1. The standard InChI is InChI=1S/C19H19N5O2/c1-3-26-16-9-7-14(8-10-16)17-13(2)18(23-22-17)19(25)24-21-12-15-6-4-5-11-20-15/h4-12H,3H2,1-2H3,(H,22,23)(H,24,25)/b21-12-. The van der Waals surface area contributed by atoms with Crippen molar-refractivity contribution in [3.63, 3.8) is 0 Å². The van der Waals surface area contributed by atoms with Gasteiger partial charge in [0, 0.05) is 17.3 Å². The molecule has 2 heterocycles. The molecule has 3 aromatic rings. The maximum Gasteiger partial charge on any atom is 0.289 e. The second-order valence-electron chi connectivity index (χ2n) is 5.48. The lowest BCUT2D eigenvalue weighted by molar-refractivity contribution is 0.0949. The number of carbonyl (C=O) groups is 1. The summed E-state index contributed by atoms with van der Waals surface area (Å²) in [5, 5.41) is 11.0. The van der Waals surface area contributed by atoms with Crippen LogP contribution in [0.1, 0.15) is 28.7 Å². The van der Waals surface area contributed by atoms with E-state index in [1.165, 1.54) is 6.21 Å². The van der Waals surface area contributed by atoms with Crippen LogP contribution in [0.2, 0.25) is 0 Å². The Morgan fingerprint density at radius 1 is 1.27 bits per heavy atom. The van der Waals surface area contributed by atoms with Crippen LogP contribution in [-0.4, -0.2) is 33.9 Å². The van der Waals surface area contributed by atoms with Gasteiger partial charge in [-0.3, -0.25) is 14.9 Å². The van der Waals surface area contributed by atoms with Gasteiger partial charge in [0.05, 0.1) is 24.2 Å². The van der Waals surface area contributed by atoms with Crippen molar-refractivity contribution in [2.24, 2.45) is 5.10 Å². The van der Waals surface area contributed by atoms with Gasteiger partial charge < -0.3 is 4.74 Å². The van der Waals surface area contributed by atoms with E-state index in [2.05, 4.69) is 25.7 Å². The molecule has 0 spiro atoms. The minimum atomic E-state index is -0.362. The molecule has 2 N–H and O–H groups in total. The van der Waals surface area contributed by atoms with Gasteiger partial charge in [0.15, 0.2) is 0 Å². The summed E-state index contributed by atoms with van der Waals surface area (Å²) >= 11 is 0. The maximum absolute atomic E-state index is 12.3. The van der Waals surface area contributed by atoms with E-state index < -0.39 is 0 Å². The van der Waals surface area contributed by atoms with E-state index in [4.69, 9.17) is 4.74 Å². The molecule has 132 valence electrons. The van der Waals surface area contributed by atoms with Crippen LogP contribution in [0.5, 0.6) is 5.75 Å². The minimum absolute atomic E-state index is 0.362. The van der Waals surface area contributed by atoms with Crippen molar-refractivity contribution in [1.82, 2.24) is 20.6 Å². The molecule has 2 aromatic heterocycles. The zero-order valence-corrected chi connectivity index (χ0v) is 14.6. The Morgan fingerprint density at radius 3 is 2.77 bits per heavy atom. The average molecular weight is 349 g/mol. The first kappa shape index (κ1) is 17.3. The lowest BCUT2D eigenvalue weighted by Gasteiger charge is -2.04. The Bertz CT molecular complexity index is 901. The predicted molar refractivity (Wildman–Crippen MR) is 99.2 cm³/mol. The topological polar surface area (TPSA) is 92.3 Å². The van der Waals surface area contributed by atoms with Crippen molar-refractivity contribution < 1.29 is 9.53 Å². The van der Waals surface area contributed by atoms with Gasteiger partial charge in [0.2, 0.25) is 0 Å². The van der Waals surface area contributed by atoms with Crippen molar-refractivity contribution in [2.75, 3.05) is 6.61 Å². The first-order valence-corrected chi connectivity index (χ1v) is 8.21. The number of hydrogen-bond donors (Lipinski definition) is 2. The first-order chi connectivity index (χ1) is 12.7. The summed E-state index contributed by atoms with van der Waals surface area (Å²) in [7, 11) is 0. The predicted octanol–water partition coefficient (Wildman–Crippen LogP) is 2.94. The molecule has 3 rings (SSSR count). The summed E-state index contributed by atoms with van der Waals surface area (Å²) in [5.74, 6) is 0.436. The van der Waals surface area contributed by atoms with Gasteiger partial charge in [-0.05, 0) is 50.2 Å². The smallest absolute Gasteiger partial charge is 0.289 e. The molecule has 0 unspecified atom stereocenters. The number of pyridine rings is 1. The molecule has 7 nitrogen and oxygen atoms in total. The van der Waals surface area contributed by atoms with Gasteiger partial charge in [-0.2, -0.15) is 10.2 Å². The Kier molecular flexibility index (Phi) is 5.38. The van der Waals surface area contributed by atoms with Gasteiger partial charge in [-0.25, -0.2) is 5.43 Å². The molecule has 7 heteroatoms. The van der Waals surface area contributed by atoms with Crippen LogP contribution in [-0.2, 0) is 0 Å². The summed E-state index contributed by atoms with van der Waals surface area (Å²) in [6.45, 7) is 4.39. The van der Waals surface area contributed by atoms with Gasteiger partial charge in [0.1, 0.15) is 11.4 Å². The van der Waals surface area contributed by atoms with E-state index >= 15 is 0 Å². The third kappa shape index (κ3) is 3.94. The van der Waals surface area contributed by atoms with Gasteiger partial charge in [0.25, 0.3) is 5.91 Å². The van der Waals surface area contributed by atoms with Crippen LogP contribution in [0.4, 0.5) is 0 Å². The number of nitrogens with zero attached hydrogens (tertiary/aromatic N) is 3. The Hall–Kier alpha value is -3.48. The molecule has 0 saturated carbocycles. The molecule has 0 bridgehead atoms. The van der Waals surface area contributed by atoms with Gasteiger partial charge in [-0.1, -0.05) is 6.07 Å². The lowest BCUT2D eigenvalue weighted by Crippen LogP contribution is -2.19. The summed E-state index contributed by atoms with van der Waals surface area (Å²) in [4.78, 5) is 16.4. The van der Waals surface area contributed by atoms with E-state index in [1.54, 1.807) is 12.3 Å². The second-order valence-corrected chi connectivity index (χ2v) is 5.48. The number of amides is 1. The number of benzene rings is 1. The van der Waals surface area contributed by atoms with Crippen LogP contribution in [0, 0.1) is 6.92 Å². The summed E-state index contributed by atoms with van der Waals surface area (Å²) in [6.07, 6.45) is 3.14. The Balaban J connectivity index is 1.71. The summed E-state index contributed by atoms with van der Waals surface area (Å²) in [6, 6.07) is 13.0. The summed E-state index contributed by atoms with van der Waals surface area (Å²) in [5.41, 5.74) is 5.87. The van der Waals surface area contributed by atoms with Crippen molar-refractivity contribution in [3.8, 4) is 17.0 Å². The fourth-order valence-corrected chi connectivity index (χ4v) is 2.44. The molecule has 0 fully saturated rings. The van der Waals surface area contributed by atoms with Crippen LogP contribution in [0.3, 0.4) is 0 Å². The molecule has 0 saturated heterocycles. The molecule has 0 atom stereocenters. The van der Waals surface area contributed by atoms with Gasteiger partial charge in [-0.15, -0.1) is 0 Å². The van der Waals surface area contributed by atoms with Crippen LogP contribution >= 0.6 is 0 Å². The van der Waals surface area contributed by atoms with E-state index in [0.717, 1.165) is 16.9 Å². The molecular weight excluding hydrogens is 330 g/mol. The number of ether oxygens (including phenoxy) is 1. The summed E-state index contributed by atoms with van der Waals surface area (Å²) < 4.78 is 5.44. The second kappa shape index (κ2) is 8.06. The zero-order chi connectivity index (χ0) is 18.4. The number of hydrogen-bond acceptors (Lipinski definition) is 5. The molecule has 0 aliphatic heterocycles. The number of hydrazone groups is 1. The fourth-order valence-electron chi connectivity index (χ4n) is 2.44. The molecular formula is C19H19N5O2. The highest BCUT2D eigenvalue weighted by Crippen LogP contribution is 2.25. The lowest BCUT2D eigenvalue weighted by atomic mass is 10.1.